The van der Waals surface area contributed by atoms with E-state index in [9.17, 15) is 14.4 Å². The highest BCUT2D eigenvalue weighted by Gasteiger charge is 2.26. The molecule has 7 heteroatoms. The molecule has 2 heterocycles. The number of nitrogens with zero attached hydrogens (tertiary/aromatic N) is 1. The number of nitrogens with one attached hydrogen (secondary N) is 2. The minimum atomic E-state index is -0.728. The molecule has 0 aliphatic carbocycles. The molecule has 3 rings (SSSR count). The molecule has 1 unspecified atom stereocenters. The minimum Gasteiger partial charge on any atom is -0.481 e. The lowest BCUT2D eigenvalue weighted by molar-refractivity contribution is -0.138. The van der Waals surface area contributed by atoms with Gasteiger partial charge in [0, 0.05) is 37.3 Å². The average molecular weight is 345 g/mol. The number of piperidine rings is 2. The van der Waals surface area contributed by atoms with E-state index in [1.807, 2.05) is 24.3 Å². The van der Waals surface area contributed by atoms with Crippen molar-refractivity contribution in [2.24, 2.45) is 5.92 Å². The maximum absolute atomic E-state index is 11.9. The van der Waals surface area contributed by atoms with E-state index in [-0.39, 0.29) is 24.2 Å². The first-order valence-electron chi connectivity index (χ1n) is 8.68. The van der Waals surface area contributed by atoms with Gasteiger partial charge in [-0.1, -0.05) is 6.07 Å². The molecule has 2 fully saturated rings. The Balaban J connectivity index is 1.59. The number of carboxylic acid groups (broad SMARTS) is 1. The van der Waals surface area contributed by atoms with Crippen LogP contribution in [0.1, 0.15) is 32.1 Å². The number of carbonyl (C=O) groups excluding carboxylic acids is 2. The number of carbonyl (C=O) groups is 3. The third-order valence-electron chi connectivity index (χ3n) is 4.87. The zero-order valence-corrected chi connectivity index (χ0v) is 14.0. The molecule has 3 N–H and O–H groups in total. The lowest BCUT2D eigenvalue weighted by atomic mass is 9.93. The van der Waals surface area contributed by atoms with E-state index in [1.54, 1.807) is 0 Å². The molecule has 0 radical (unpaired) electrons. The standard InChI is InChI=1S/C18H23N3O4/c22-16-5-4-15(18(25)20-16)19-13-2-1-3-14(11-13)21-8-6-12(7-9-21)10-17(23)24/h1-3,11-12,15,19H,4-10H2,(H,23,24)(H,20,22,25). The van der Waals surface area contributed by atoms with Crippen LogP contribution in [0.15, 0.2) is 24.3 Å². The molecule has 134 valence electrons. The number of hydrogen-bond acceptors (Lipinski definition) is 5. The van der Waals surface area contributed by atoms with Crippen molar-refractivity contribution in [3.8, 4) is 0 Å². The van der Waals surface area contributed by atoms with Crippen molar-refractivity contribution >= 4 is 29.2 Å². The lowest BCUT2D eigenvalue weighted by Crippen LogP contribution is -2.47. The second-order valence-electron chi connectivity index (χ2n) is 6.73. The van der Waals surface area contributed by atoms with E-state index in [0.717, 1.165) is 37.3 Å². The number of anilines is 2. The van der Waals surface area contributed by atoms with E-state index in [1.165, 1.54) is 0 Å². The topological polar surface area (TPSA) is 98.7 Å². The van der Waals surface area contributed by atoms with Gasteiger partial charge in [0.1, 0.15) is 6.04 Å². The Labute approximate surface area is 146 Å². The van der Waals surface area contributed by atoms with E-state index >= 15 is 0 Å². The molecular formula is C18H23N3O4. The quantitative estimate of drug-likeness (QED) is 0.701. The van der Waals surface area contributed by atoms with Gasteiger partial charge in [-0.3, -0.25) is 19.7 Å². The van der Waals surface area contributed by atoms with Crippen molar-refractivity contribution in [3.63, 3.8) is 0 Å². The van der Waals surface area contributed by atoms with Crippen molar-refractivity contribution in [2.45, 2.75) is 38.1 Å². The molecule has 1 aromatic carbocycles. The highest BCUT2D eigenvalue weighted by atomic mass is 16.4. The lowest BCUT2D eigenvalue weighted by Gasteiger charge is -2.33. The summed E-state index contributed by atoms with van der Waals surface area (Å²) in [6, 6.07) is 7.47. The number of rotatable bonds is 5. The first kappa shape index (κ1) is 17.3. The van der Waals surface area contributed by atoms with Gasteiger partial charge in [-0.2, -0.15) is 0 Å². The zero-order valence-electron chi connectivity index (χ0n) is 14.0. The number of hydrogen-bond donors (Lipinski definition) is 3. The van der Waals surface area contributed by atoms with Crippen LogP contribution in [0.3, 0.4) is 0 Å². The summed E-state index contributed by atoms with van der Waals surface area (Å²) in [5.74, 6) is -0.982. The molecule has 0 aromatic heterocycles. The number of aliphatic carboxylic acids is 1. The van der Waals surface area contributed by atoms with Crippen LogP contribution < -0.4 is 15.5 Å². The molecule has 0 spiro atoms. The van der Waals surface area contributed by atoms with Crippen molar-refractivity contribution in [2.75, 3.05) is 23.3 Å². The Kier molecular flexibility index (Phi) is 5.21. The van der Waals surface area contributed by atoms with Crippen molar-refractivity contribution in [3.05, 3.63) is 24.3 Å². The number of benzene rings is 1. The first-order valence-corrected chi connectivity index (χ1v) is 8.68. The highest BCUT2D eigenvalue weighted by molar-refractivity contribution is 6.01. The number of amides is 2. The molecule has 2 saturated heterocycles. The first-order chi connectivity index (χ1) is 12.0. The predicted octanol–water partition coefficient (Wildman–Crippen LogP) is 1.59. The molecule has 1 atom stereocenters. The second kappa shape index (κ2) is 7.55. The van der Waals surface area contributed by atoms with Crippen LogP contribution in [-0.2, 0) is 14.4 Å². The van der Waals surface area contributed by atoms with Crippen LogP contribution in [0.4, 0.5) is 11.4 Å². The normalized spacial score (nSPS) is 21.8. The summed E-state index contributed by atoms with van der Waals surface area (Å²) in [7, 11) is 0. The Hall–Kier alpha value is -2.57. The summed E-state index contributed by atoms with van der Waals surface area (Å²) in [6.45, 7) is 1.67. The molecule has 2 aliphatic heterocycles. The highest BCUT2D eigenvalue weighted by Crippen LogP contribution is 2.27. The van der Waals surface area contributed by atoms with Gasteiger partial charge in [-0.25, -0.2) is 0 Å². The minimum absolute atomic E-state index is 0.221. The molecule has 25 heavy (non-hydrogen) atoms. The third-order valence-corrected chi connectivity index (χ3v) is 4.87. The van der Waals surface area contributed by atoms with Crippen molar-refractivity contribution in [1.29, 1.82) is 0 Å². The maximum atomic E-state index is 11.9. The van der Waals surface area contributed by atoms with Crippen molar-refractivity contribution < 1.29 is 19.5 Å². The van der Waals surface area contributed by atoms with Gasteiger partial charge < -0.3 is 15.3 Å². The fraction of sp³-hybridized carbons (Fsp3) is 0.500. The summed E-state index contributed by atoms with van der Waals surface area (Å²) < 4.78 is 0. The summed E-state index contributed by atoms with van der Waals surface area (Å²) >= 11 is 0. The van der Waals surface area contributed by atoms with Gasteiger partial charge in [0.2, 0.25) is 11.8 Å². The van der Waals surface area contributed by atoms with Crippen LogP contribution in [-0.4, -0.2) is 42.0 Å². The Morgan fingerprint density at radius 3 is 2.68 bits per heavy atom. The van der Waals surface area contributed by atoms with Crippen LogP contribution >= 0.6 is 0 Å². The number of carboxylic acids is 1. The molecular weight excluding hydrogens is 322 g/mol. The van der Waals surface area contributed by atoms with Crippen LogP contribution in [0.2, 0.25) is 0 Å². The summed E-state index contributed by atoms with van der Waals surface area (Å²) in [5.41, 5.74) is 1.91. The van der Waals surface area contributed by atoms with Gasteiger partial charge >= 0.3 is 5.97 Å². The fourth-order valence-corrected chi connectivity index (χ4v) is 3.47. The molecule has 0 saturated carbocycles. The van der Waals surface area contributed by atoms with Crippen LogP contribution in [0.5, 0.6) is 0 Å². The zero-order chi connectivity index (χ0) is 17.8. The van der Waals surface area contributed by atoms with E-state index in [4.69, 9.17) is 5.11 Å². The molecule has 2 amide bonds. The van der Waals surface area contributed by atoms with E-state index < -0.39 is 12.0 Å². The Morgan fingerprint density at radius 1 is 1.24 bits per heavy atom. The summed E-state index contributed by atoms with van der Waals surface area (Å²) in [5, 5.41) is 14.4. The second-order valence-corrected chi connectivity index (χ2v) is 6.73. The van der Waals surface area contributed by atoms with Gasteiger partial charge in [0.15, 0.2) is 0 Å². The third kappa shape index (κ3) is 4.49. The fourth-order valence-electron chi connectivity index (χ4n) is 3.47. The molecule has 2 aliphatic rings. The molecule has 7 nitrogen and oxygen atoms in total. The Morgan fingerprint density at radius 2 is 2.00 bits per heavy atom. The van der Waals surface area contributed by atoms with E-state index in [0.29, 0.717) is 12.8 Å². The molecule has 1 aromatic rings. The number of imide groups is 1. The smallest absolute Gasteiger partial charge is 0.303 e. The SMILES string of the molecule is O=C(O)CC1CCN(c2cccc(NC3CCC(=O)NC3=O)c2)CC1. The van der Waals surface area contributed by atoms with Gasteiger partial charge in [0.05, 0.1) is 0 Å². The Bertz CT molecular complexity index is 668. The molecule has 0 bridgehead atoms. The predicted molar refractivity (Wildman–Crippen MR) is 93.4 cm³/mol. The van der Waals surface area contributed by atoms with Gasteiger partial charge in [0.25, 0.3) is 0 Å². The van der Waals surface area contributed by atoms with Gasteiger partial charge in [-0.05, 0) is 43.4 Å². The van der Waals surface area contributed by atoms with Crippen LogP contribution in [0, 0.1) is 5.92 Å². The maximum Gasteiger partial charge on any atom is 0.303 e. The van der Waals surface area contributed by atoms with Crippen molar-refractivity contribution in [1.82, 2.24) is 5.32 Å². The van der Waals surface area contributed by atoms with E-state index in [2.05, 4.69) is 15.5 Å². The monoisotopic (exact) mass is 345 g/mol. The summed E-state index contributed by atoms with van der Waals surface area (Å²) in [4.78, 5) is 36.2. The average Bonchev–Trinajstić information content (AvgIpc) is 2.58. The summed E-state index contributed by atoms with van der Waals surface area (Å²) in [6.07, 6.45) is 2.83. The van der Waals surface area contributed by atoms with Gasteiger partial charge in [-0.15, -0.1) is 0 Å². The largest absolute Gasteiger partial charge is 0.481 e. The van der Waals surface area contributed by atoms with Crippen LogP contribution in [0.25, 0.3) is 0 Å².